The van der Waals surface area contributed by atoms with Crippen LogP contribution in [0.15, 0.2) is 34.2 Å². The molecule has 0 spiro atoms. The molecule has 1 aliphatic heterocycles. The Morgan fingerprint density at radius 3 is 2.88 bits per heavy atom. The second-order valence-corrected chi connectivity index (χ2v) is 7.21. The molecule has 0 radical (unpaired) electrons. The molecule has 2 N–H and O–H groups in total. The highest BCUT2D eigenvalue weighted by Crippen LogP contribution is 2.30. The number of guanidine groups is 1. The molecular formula is C18H30IN3O2S. The van der Waals surface area contributed by atoms with E-state index in [1.807, 2.05) is 30.0 Å². The van der Waals surface area contributed by atoms with Gasteiger partial charge in [-0.05, 0) is 31.4 Å². The highest BCUT2D eigenvalue weighted by Gasteiger charge is 2.22. The third kappa shape index (κ3) is 7.22. The quantitative estimate of drug-likeness (QED) is 0.273. The Labute approximate surface area is 172 Å². The molecule has 1 aromatic carbocycles. The summed E-state index contributed by atoms with van der Waals surface area (Å²) in [5.74, 6) is 3.30. The number of likely N-dealkylation sites (tertiary alicyclic amines) is 1. The van der Waals surface area contributed by atoms with Gasteiger partial charge in [0, 0.05) is 36.8 Å². The molecule has 7 heteroatoms. The summed E-state index contributed by atoms with van der Waals surface area (Å²) in [5, 5.41) is 13.0. The van der Waals surface area contributed by atoms with Crippen LogP contribution in [0, 0.1) is 5.92 Å². The lowest BCUT2D eigenvalue weighted by Gasteiger charge is -2.21. The average Bonchev–Trinajstić information content (AvgIpc) is 3.03. The van der Waals surface area contributed by atoms with Crippen molar-refractivity contribution in [1.82, 2.24) is 10.2 Å². The van der Waals surface area contributed by atoms with Gasteiger partial charge in [-0.2, -0.15) is 0 Å². The summed E-state index contributed by atoms with van der Waals surface area (Å²) in [7, 11) is 1.71. The maximum Gasteiger partial charge on any atom is 0.194 e. The first kappa shape index (κ1) is 22.4. The number of aliphatic hydroxyl groups is 1. The maximum absolute atomic E-state index is 9.71. The van der Waals surface area contributed by atoms with Crippen LogP contribution in [0.2, 0.25) is 0 Å². The van der Waals surface area contributed by atoms with Crippen molar-refractivity contribution in [2.75, 3.05) is 39.0 Å². The van der Waals surface area contributed by atoms with Gasteiger partial charge in [-0.15, -0.1) is 35.7 Å². The normalized spacial score (nSPS) is 18.6. The summed E-state index contributed by atoms with van der Waals surface area (Å²) in [6, 6.07) is 8.11. The molecule has 1 heterocycles. The van der Waals surface area contributed by atoms with Gasteiger partial charge in [0.15, 0.2) is 5.96 Å². The molecule has 0 aliphatic carbocycles. The Kier molecular flexibility index (Phi) is 10.6. The largest absolute Gasteiger partial charge is 0.496 e. The van der Waals surface area contributed by atoms with Crippen LogP contribution in [-0.2, 0) is 0 Å². The number of hydrogen-bond acceptors (Lipinski definition) is 4. The van der Waals surface area contributed by atoms with Crippen LogP contribution in [0.1, 0.15) is 20.3 Å². The fraction of sp³-hybridized carbons (Fsp3) is 0.611. The number of aliphatic hydroxyl groups excluding tert-OH is 1. The van der Waals surface area contributed by atoms with Gasteiger partial charge in [0.1, 0.15) is 5.75 Å². The molecule has 25 heavy (non-hydrogen) atoms. The number of nitrogens with zero attached hydrogens (tertiary/aromatic N) is 2. The molecule has 1 aromatic rings. The number of thioether (sulfide) groups is 1. The second kappa shape index (κ2) is 11.9. The van der Waals surface area contributed by atoms with Crippen molar-refractivity contribution >= 4 is 41.7 Å². The van der Waals surface area contributed by atoms with E-state index in [9.17, 15) is 5.11 Å². The Morgan fingerprint density at radius 1 is 1.48 bits per heavy atom. The molecular weight excluding hydrogens is 449 g/mol. The minimum absolute atomic E-state index is 0. The highest BCUT2D eigenvalue weighted by molar-refractivity contribution is 14.0. The van der Waals surface area contributed by atoms with E-state index in [0.29, 0.717) is 12.5 Å². The molecule has 0 aromatic heterocycles. The van der Waals surface area contributed by atoms with Crippen LogP contribution in [-0.4, -0.2) is 61.1 Å². The zero-order valence-electron chi connectivity index (χ0n) is 15.3. The van der Waals surface area contributed by atoms with Crippen molar-refractivity contribution in [3.05, 3.63) is 24.3 Å². The number of ether oxygens (including phenoxy) is 1. The summed E-state index contributed by atoms with van der Waals surface area (Å²) >= 11 is 1.81. The van der Waals surface area contributed by atoms with E-state index in [-0.39, 0.29) is 30.1 Å². The summed E-state index contributed by atoms with van der Waals surface area (Å²) < 4.78 is 5.40. The molecule has 2 rings (SSSR count). The second-order valence-electron chi connectivity index (χ2n) is 6.15. The molecule has 1 saturated heterocycles. The lowest BCUT2D eigenvalue weighted by molar-refractivity contribution is 0.187. The van der Waals surface area contributed by atoms with Crippen LogP contribution in [0.25, 0.3) is 0 Å². The van der Waals surface area contributed by atoms with Gasteiger partial charge in [-0.3, -0.25) is 4.99 Å². The SMILES string of the molecule is CCNC(=NCC(C)CSc1ccccc1OC)N1CC[C@@H](O)C1.I. The van der Waals surface area contributed by atoms with Crippen LogP contribution in [0.4, 0.5) is 0 Å². The number of hydrogen-bond donors (Lipinski definition) is 2. The van der Waals surface area contributed by atoms with E-state index in [2.05, 4.69) is 30.1 Å². The predicted octanol–water partition coefficient (Wildman–Crippen LogP) is 3.07. The molecule has 0 saturated carbocycles. The molecule has 1 unspecified atom stereocenters. The summed E-state index contributed by atoms with van der Waals surface area (Å²) in [4.78, 5) is 8.08. The smallest absolute Gasteiger partial charge is 0.194 e. The van der Waals surface area contributed by atoms with E-state index < -0.39 is 0 Å². The van der Waals surface area contributed by atoms with Gasteiger partial charge >= 0.3 is 0 Å². The van der Waals surface area contributed by atoms with Crippen LogP contribution in [0.3, 0.4) is 0 Å². The lowest BCUT2D eigenvalue weighted by Crippen LogP contribution is -2.40. The Bertz CT molecular complexity index is 545. The standard InChI is InChI=1S/C18H29N3O2S.HI/c1-4-19-18(21-10-9-15(22)12-21)20-11-14(2)13-24-17-8-6-5-7-16(17)23-3;/h5-8,14-15,22H,4,9-13H2,1-3H3,(H,19,20);1H/t14?,15-;/m1./s1. The predicted molar refractivity (Wildman–Crippen MR) is 116 cm³/mol. The van der Waals surface area contributed by atoms with Crippen molar-refractivity contribution in [2.45, 2.75) is 31.3 Å². The van der Waals surface area contributed by atoms with Crippen molar-refractivity contribution in [3.63, 3.8) is 0 Å². The number of rotatable bonds is 7. The van der Waals surface area contributed by atoms with E-state index >= 15 is 0 Å². The number of nitrogens with one attached hydrogen (secondary N) is 1. The first-order valence-electron chi connectivity index (χ1n) is 8.61. The molecule has 1 aliphatic rings. The van der Waals surface area contributed by atoms with Gasteiger partial charge in [0.05, 0.1) is 13.2 Å². The van der Waals surface area contributed by atoms with Gasteiger partial charge in [-0.1, -0.05) is 19.1 Å². The Hall–Kier alpha value is -0.670. The van der Waals surface area contributed by atoms with E-state index in [1.54, 1.807) is 7.11 Å². The zero-order chi connectivity index (χ0) is 17.4. The van der Waals surface area contributed by atoms with Gasteiger partial charge in [-0.25, -0.2) is 0 Å². The topological polar surface area (TPSA) is 57.1 Å². The summed E-state index contributed by atoms with van der Waals surface area (Å²) in [6.07, 6.45) is 0.594. The lowest BCUT2D eigenvalue weighted by atomic mass is 10.2. The third-order valence-electron chi connectivity index (χ3n) is 3.94. The molecule has 2 atom stereocenters. The van der Waals surface area contributed by atoms with E-state index in [4.69, 9.17) is 9.73 Å². The molecule has 0 bridgehead atoms. The first-order chi connectivity index (χ1) is 11.6. The fourth-order valence-corrected chi connectivity index (χ4v) is 3.66. The highest BCUT2D eigenvalue weighted by atomic mass is 127. The minimum Gasteiger partial charge on any atom is -0.496 e. The Morgan fingerprint density at radius 2 is 2.24 bits per heavy atom. The monoisotopic (exact) mass is 479 g/mol. The Balaban J connectivity index is 0.00000312. The minimum atomic E-state index is -0.229. The molecule has 5 nitrogen and oxygen atoms in total. The maximum atomic E-state index is 9.71. The van der Waals surface area contributed by atoms with Gasteiger partial charge in [0.2, 0.25) is 0 Å². The fourth-order valence-electron chi connectivity index (χ4n) is 2.63. The average molecular weight is 479 g/mol. The van der Waals surface area contributed by atoms with Crippen molar-refractivity contribution in [2.24, 2.45) is 10.9 Å². The van der Waals surface area contributed by atoms with Crippen LogP contribution >= 0.6 is 35.7 Å². The third-order valence-corrected chi connectivity index (χ3v) is 5.33. The van der Waals surface area contributed by atoms with Crippen molar-refractivity contribution in [3.8, 4) is 5.75 Å². The van der Waals surface area contributed by atoms with Crippen molar-refractivity contribution in [1.29, 1.82) is 0 Å². The number of aliphatic imine (C=N–C) groups is 1. The first-order valence-corrected chi connectivity index (χ1v) is 9.59. The number of β-amino-alcohol motifs (C(OH)–C–C–N with tert-alkyl or cyclic N) is 1. The number of para-hydroxylation sites is 1. The molecule has 1 fully saturated rings. The van der Waals surface area contributed by atoms with Crippen molar-refractivity contribution < 1.29 is 9.84 Å². The van der Waals surface area contributed by atoms with E-state index in [0.717, 1.165) is 43.5 Å². The van der Waals surface area contributed by atoms with E-state index in [1.165, 1.54) is 4.90 Å². The van der Waals surface area contributed by atoms with Crippen LogP contribution in [0.5, 0.6) is 5.75 Å². The zero-order valence-corrected chi connectivity index (χ0v) is 18.4. The number of methoxy groups -OCH3 is 1. The van der Waals surface area contributed by atoms with Gasteiger partial charge < -0.3 is 20.1 Å². The summed E-state index contributed by atoms with van der Waals surface area (Å²) in [6.45, 7) is 7.46. The summed E-state index contributed by atoms with van der Waals surface area (Å²) in [5.41, 5.74) is 0. The number of halogens is 1. The molecule has 142 valence electrons. The van der Waals surface area contributed by atoms with Gasteiger partial charge in [0.25, 0.3) is 0 Å². The number of benzene rings is 1. The van der Waals surface area contributed by atoms with Crippen LogP contribution < -0.4 is 10.1 Å². The molecule has 0 amide bonds.